The highest BCUT2D eigenvalue weighted by molar-refractivity contribution is 7.98. The van der Waals surface area contributed by atoms with Crippen molar-refractivity contribution >= 4 is 39.2 Å². The number of aryl methyl sites for hydroxylation is 1. The second kappa shape index (κ2) is 7.01. The quantitative estimate of drug-likeness (QED) is 0.739. The lowest BCUT2D eigenvalue weighted by Crippen LogP contribution is -2.26. The maximum absolute atomic E-state index is 12.5. The topological polar surface area (TPSA) is 74.8 Å². The van der Waals surface area contributed by atoms with Gasteiger partial charge in [0.1, 0.15) is 10.7 Å². The Balaban J connectivity index is 1.52. The van der Waals surface area contributed by atoms with E-state index in [1.165, 1.54) is 4.88 Å². The number of nitrogens with one attached hydrogen (secondary N) is 2. The second-order valence-electron chi connectivity index (χ2n) is 5.94. The number of thiophene rings is 1. The minimum absolute atomic E-state index is 0.0787. The summed E-state index contributed by atoms with van der Waals surface area (Å²) in [4.78, 5) is 33.9. The van der Waals surface area contributed by atoms with Gasteiger partial charge in [0, 0.05) is 17.2 Å². The summed E-state index contributed by atoms with van der Waals surface area (Å²) < 4.78 is 0. The fraction of sp³-hybridized carbons (Fsp3) is 0.278. The number of carbonyl (C=O) groups excluding carboxylic acids is 1. The molecule has 0 unspecified atom stereocenters. The molecule has 7 heteroatoms. The number of carbonyl (C=O) groups is 1. The van der Waals surface area contributed by atoms with Crippen LogP contribution in [0.25, 0.3) is 10.2 Å². The van der Waals surface area contributed by atoms with Gasteiger partial charge in [0.2, 0.25) is 5.91 Å². The van der Waals surface area contributed by atoms with Gasteiger partial charge in [-0.25, -0.2) is 4.98 Å². The third kappa shape index (κ3) is 3.48. The van der Waals surface area contributed by atoms with Crippen LogP contribution in [0, 0.1) is 0 Å². The first-order valence-electron chi connectivity index (χ1n) is 8.12. The lowest BCUT2D eigenvalue weighted by Gasteiger charge is -2.09. The summed E-state index contributed by atoms with van der Waals surface area (Å²) in [6, 6.07) is 9.73. The molecule has 1 aromatic carbocycles. The van der Waals surface area contributed by atoms with Gasteiger partial charge in [-0.2, -0.15) is 11.8 Å². The van der Waals surface area contributed by atoms with Crippen LogP contribution in [0.4, 0.5) is 0 Å². The fourth-order valence-corrected chi connectivity index (χ4v) is 5.34. The molecule has 0 radical (unpaired) electrons. The van der Waals surface area contributed by atoms with Crippen molar-refractivity contribution in [2.45, 2.75) is 25.1 Å². The average molecular weight is 371 g/mol. The van der Waals surface area contributed by atoms with Crippen LogP contribution >= 0.6 is 23.1 Å². The number of benzene rings is 1. The molecule has 4 rings (SSSR count). The summed E-state index contributed by atoms with van der Waals surface area (Å²) in [7, 11) is 0. The molecule has 3 aromatic rings. The van der Waals surface area contributed by atoms with E-state index in [0.717, 1.165) is 33.9 Å². The number of aromatic nitrogens is 2. The van der Waals surface area contributed by atoms with Crippen molar-refractivity contribution < 1.29 is 4.79 Å². The SMILES string of the molecule is O=C(Cc1nc2sc3c(c2c(=O)[nH]1)CCSC3)NCc1ccccc1. The Morgan fingerprint density at radius 3 is 2.96 bits per heavy atom. The van der Waals surface area contributed by atoms with Crippen molar-refractivity contribution in [1.29, 1.82) is 0 Å². The van der Waals surface area contributed by atoms with Gasteiger partial charge in [-0.1, -0.05) is 30.3 Å². The number of fused-ring (bicyclic) bond motifs is 3. The Labute approximate surface area is 152 Å². The molecule has 0 bridgehead atoms. The van der Waals surface area contributed by atoms with E-state index in [0.29, 0.717) is 17.8 Å². The zero-order chi connectivity index (χ0) is 17.2. The van der Waals surface area contributed by atoms with Gasteiger partial charge < -0.3 is 10.3 Å². The molecule has 2 N–H and O–H groups in total. The van der Waals surface area contributed by atoms with Crippen LogP contribution in [0.2, 0.25) is 0 Å². The minimum Gasteiger partial charge on any atom is -0.352 e. The van der Waals surface area contributed by atoms with E-state index in [-0.39, 0.29) is 17.9 Å². The standard InChI is InChI=1S/C18H17N3O2S2/c22-15(19-9-11-4-2-1-3-5-11)8-14-20-17(23)16-12-6-7-24-10-13(12)25-18(16)21-14/h1-5H,6-10H2,(H,19,22)(H,20,21,23). The lowest BCUT2D eigenvalue weighted by atomic mass is 10.1. The maximum atomic E-state index is 12.5. The highest BCUT2D eigenvalue weighted by atomic mass is 32.2. The van der Waals surface area contributed by atoms with Gasteiger partial charge in [-0.3, -0.25) is 9.59 Å². The average Bonchev–Trinajstić information content (AvgIpc) is 2.99. The first-order valence-corrected chi connectivity index (χ1v) is 10.1. The number of hydrogen-bond donors (Lipinski definition) is 2. The number of amides is 1. The molecule has 128 valence electrons. The molecule has 3 heterocycles. The zero-order valence-electron chi connectivity index (χ0n) is 13.5. The molecule has 0 atom stereocenters. The summed E-state index contributed by atoms with van der Waals surface area (Å²) in [5.41, 5.74) is 2.06. The molecule has 1 aliphatic heterocycles. The summed E-state index contributed by atoms with van der Waals surface area (Å²) in [5.74, 6) is 2.27. The fourth-order valence-electron chi connectivity index (χ4n) is 2.97. The monoisotopic (exact) mass is 371 g/mol. The largest absolute Gasteiger partial charge is 0.352 e. The van der Waals surface area contributed by atoms with Gasteiger partial charge in [0.05, 0.1) is 11.8 Å². The van der Waals surface area contributed by atoms with Gasteiger partial charge in [-0.15, -0.1) is 11.3 Å². The van der Waals surface area contributed by atoms with Gasteiger partial charge in [-0.05, 0) is 23.3 Å². The van der Waals surface area contributed by atoms with Crippen molar-refractivity contribution in [3.63, 3.8) is 0 Å². The summed E-state index contributed by atoms with van der Waals surface area (Å²) in [6.45, 7) is 0.469. The van der Waals surface area contributed by atoms with E-state index in [9.17, 15) is 9.59 Å². The highest BCUT2D eigenvalue weighted by Gasteiger charge is 2.20. The number of aromatic amines is 1. The van der Waals surface area contributed by atoms with Crippen LogP contribution in [0.1, 0.15) is 21.8 Å². The Bertz CT molecular complexity index is 979. The highest BCUT2D eigenvalue weighted by Crippen LogP contribution is 2.35. The second-order valence-corrected chi connectivity index (χ2v) is 8.13. The number of nitrogens with zero attached hydrogens (tertiary/aromatic N) is 1. The Morgan fingerprint density at radius 1 is 1.28 bits per heavy atom. The zero-order valence-corrected chi connectivity index (χ0v) is 15.1. The molecule has 5 nitrogen and oxygen atoms in total. The molecule has 2 aromatic heterocycles. The number of hydrogen-bond acceptors (Lipinski definition) is 5. The normalized spacial score (nSPS) is 13.6. The van der Waals surface area contributed by atoms with Crippen LogP contribution in [-0.4, -0.2) is 21.6 Å². The molecule has 0 fully saturated rings. The Hall–Kier alpha value is -2.12. The number of thioether (sulfide) groups is 1. The third-order valence-electron chi connectivity index (χ3n) is 4.18. The van der Waals surface area contributed by atoms with Gasteiger partial charge in [0.25, 0.3) is 5.56 Å². The third-order valence-corrected chi connectivity index (χ3v) is 6.48. The molecule has 1 amide bonds. The van der Waals surface area contributed by atoms with Gasteiger partial charge in [0.15, 0.2) is 0 Å². The van der Waals surface area contributed by atoms with Crippen LogP contribution in [-0.2, 0) is 29.9 Å². The lowest BCUT2D eigenvalue weighted by molar-refractivity contribution is -0.120. The Morgan fingerprint density at radius 2 is 2.12 bits per heavy atom. The Kier molecular flexibility index (Phi) is 4.59. The molecule has 0 aliphatic carbocycles. The predicted molar refractivity (Wildman–Crippen MR) is 102 cm³/mol. The molecular weight excluding hydrogens is 354 g/mol. The number of rotatable bonds is 4. The molecule has 25 heavy (non-hydrogen) atoms. The van der Waals surface area contributed by atoms with E-state index in [1.807, 2.05) is 42.1 Å². The van der Waals surface area contributed by atoms with Crippen LogP contribution in [0.5, 0.6) is 0 Å². The van der Waals surface area contributed by atoms with E-state index in [1.54, 1.807) is 11.3 Å². The maximum Gasteiger partial charge on any atom is 0.259 e. The first-order chi connectivity index (χ1) is 12.2. The van der Waals surface area contributed by atoms with Crippen molar-refractivity contribution in [3.8, 4) is 0 Å². The van der Waals surface area contributed by atoms with Crippen molar-refractivity contribution in [2.24, 2.45) is 0 Å². The van der Waals surface area contributed by atoms with E-state index in [4.69, 9.17) is 0 Å². The van der Waals surface area contributed by atoms with Crippen molar-refractivity contribution in [1.82, 2.24) is 15.3 Å². The summed E-state index contributed by atoms with van der Waals surface area (Å²) in [5, 5.41) is 3.58. The van der Waals surface area contributed by atoms with Crippen molar-refractivity contribution in [3.05, 3.63) is 62.5 Å². The van der Waals surface area contributed by atoms with E-state index < -0.39 is 0 Å². The van der Waals surface area contributed by atoms with Crippen LogP contribution in [0.15, 0.2) is 35.1 Å². The van der Waals surface area contributed by atoms with E-state index in [2.05, 4.69) is 15.3 Å². The first kappa shape index (κ1) is 16.4. The van der Waals surface area contributed by atoms with Gasteiger partial charge >= 0.3 is 0 Å². The number of H-pyrrole nitrogens is 1. The predicted octanol–water partition coefficient (Wildman–Crippen LogP) is 2.63. The minimum atomic E-state index is -0.150. The molecular formula is C18H17N3O2S2. The smallest absolute Gasteiger partial charge is 0.259 e. The molecule has 0 saturated heterocycles. The van der Waals surface area contributed by atoms with E-state index >= 15 is 0 Å². The summed E-state index contributed by atoms with van der Waals surface area (Å²) >= 11 is 3.47. The molecule has 0 saturated carbocycles. The summed E-state index contributed by atoms with van der Waals surface area (Å²) in [6.07, 6.45) is 0.997. The molecule has 0 spiro atoms. The van der Waals surface area contributed by atoms with Crippen molar-refractivity contribution in [2.75, 3.05) is 5.75 Å². The van der Waals surface area contributed by atoms with Crippen LogP contribution in [0.3, 0.4) is 0 Å². The van der Waals surface area contributed by atoms with Crippen LogP contribution < -0.4 is 10.9 Å². The molecule has 1 aliphatic rings.